The van der Waals surface area contributed by atoms with Crippen LogP contribution in [0.25, 0.3) is 0 Å². The van der Waals surface area contributed by atoms with Crippen LogP contribution in [0.4, 0.5) is 5.82 Å². The quantitative estimate of drug-likeness (QED) is 0.847. The third-order valence-electron chi connectivity index (χ3n) is 3.41. The second-order valence-corrected chi connectivity index (χ2v) is 6.05. The van der Waals surface area contributed by atoms with Gasteiger partial charge < -0.3 is 11.1 Å². The standard InChI is InChI=1S/C13H20ClN3OS/c1-4-13(5-2,19-3)8-17-12(18)9-6-11(15)16-7-10(9)14/h6-7H,4-5,8H2,1-3H3,(H2,15,16)(H,17,18). The van der Waals surface area contributed by atoms with E-state index in [1.165, 1.54) is 12.3 Å². The fourth-order valence-electron chi connectivity index (χ4n) is 1.83. The first-order valence-electron chi connectivity index (χ1n) is 6.22. The maximum atomic E-state index is 12.1. The molecule has 0 aliphatic heterocycles. The number of thioether (sulfide) groups is 1. The smallest absolute Gasteiger partial charge is 0.253 e. The summed E-state index contributed by atoms with van der Waals surface area (Å²) in [7, 11) is 0. The van der Waals surface area contributed by atoms with Crippen LogP contribution in [0.5, 0.6) is 0 Å². The van der Waals surface area contributed by atoms with Gasteiger partial charge in [0.2, 0.25) is 0 Å². The molecule has 0 aliphatic carbocycles. The van der Waals surface area contributed by atoms with E-state index < -0.39 is 0 Å². The van der Waals surface area contributed by atoms with E-state index in [2.05, 4.69) is 30.4 Å². The number of nitrogen functional groups attached to an aromatic ring is 1. The van der Waals surface area contributed by atoms with Gasteiger partial charge in [0.15, 0.2) is 0 Å². The first kappa shape index (κ1) is 16.1. The van der Waals surface area contributed by atoms with E-state index >= 15 is 0 Å². The van der Waals surface area contributed by atoms with Crippen molar-refractivity contribution in [1.29, 1.82) is 0 Å². The van der Waals surface area contributed by atoms with E-state index in [0.29, 0.717) is 17.1 Å². The molecule has 3 N–H and O–H groups in total. The number of nitrogens with zero attached hydrogens (tertiary/aromatic N) is 1. The number of amides is 1. The lowest BCUT2D eigenvalue weighted by Gasteiger charge is -2.29. The van der Waals surface area contributed by atoms with Crippen molar-refractivity contribution in [2.45, 2.75) is 31.4 Å². The van der Waals surface area contributed by atoms with Gasteiger partial charge in [-0.25, -0.2) is 4.98 Å². The van der Waals surface area contributed by atoms with E-state index in [-0.39, 0.29) is 16.5 Å². The van der Waals surface area contributed by atoms with Gasteiger partial charge in [0.25, 0.3) is 5.91 Å². The van der Waals surface area contributed by atoms with Crippen molar-refractivity contribution in [3.63, 3.8) is 0 Å². The van der Waals surface area contributed by atoms with Gasteiger partial charge in [-0.2, -0.15) is 11.8 Å². The molecule has 0 aromatic carbocycles. The average Bonchev–Trinajstić information content (AvgIpc) is 2.43. The molecule has 106 valence electrons. The molecule has 0 atom stereocenters. The SMILES string of the molecule is CCC(CC)(CNC(=O)c1cc(N)ncc1Cl)SC. The predicted molar refractivity (Wildman–Crippen MR) is 82.8 cm³/mol. The number of carbonyl (C=O) groups excluding carboxylic acids is 1. The van der Waals surface area contributed by atoms with Crippen LogP contribution in [-0.4, -0.2) is 28.4 Å². The highest BCUT2D eigenvalue weighted by atomic mass is 35.5. The Hall–Kier alpha value is -0.940. The molecule has 0 saturated heterocycles. The zero-order valence-electron chi connectivity index (χ0n) is 11.5. The monoisotopic (exact) mass is 301 g/mol. The molecule has 0 radical (unpaired) electrons. The van der Waals surface area contributed by atoms with E-state index in [9.17, 15) is 4.79 Å². The van der Waals surface area contributed by atoms with Crippen LogP contribution in [0.2, 0.25) is 5.02 Å². The van der Waals surface area contributed by atoms with Crippen LogP contribution < -0.4 is 11.1 Å². The van der Waals surface area contributed by atoms with Gasteiger partial charge >= 0.3 is 0 Å². The second kappa shape index (κ2) is 7.01. The van der Waals surface area contributed by atoms with E-state index in [1.54, 1.807) is 11.8 Å². The Morgan fingerprint density at radius 1 is 1.53 bits per heavy atom. The van der Waals surface area contributed by atoms with E-state index in [1.807, 2.05) is 0 Å². The third kappa shape index (κ3) is 4.01. The summed E-state index contributed by atoms with van der Waals surface area (Å²) in [5.41, 5.74) is 5.94. The van der Waals surface area contributed by atoms with Crippen molar-refractivity contribution >= 4 is 35.1 Å². The average molecular weight is 302 g/mol. The summed E-state index contributed by atoms with van der Waals surface area (Å²) < 4.78 is 0.0701. The summed E-state index contributed by atoms with van der Waals surface area (Å²) in [4.78, 5) is 16.0. The highest BCUT2D eigenvalue weighted by Gasteiger charge is 2.26. The number of nitrogens with one attached hydrogen (secondary N) is 1. The normalized spacial score (nSPS) is 11.4. The molecular formula is C13H20ClN3OS. The van der Waals surface area contributed by atoms with E-state index in [0.717, 1.165) is 12.8 Å². The predicted octanol–water partition coefficient (Wildman–Crippen LogP) is 2.97. The fraction of sp³-hybridized carbons (Fsp3) is 0.538. The van der Waals surface area contributed by atoms with Crippen LogP contribution in [0.1, 0.15) is 37.0 Å². The fourth-order valence-corrected chi connectivity index (χ4v) is 2.81. The third-order valence-corrected chi connectivity index (χ3v) is 5.30. The molecule has 4 nitrogen and oxygen atoms in total. The van der Waals surface area contributed by atoms with Crippen LogP contribution in [-0.2, 0) is 0 Å². The molecule has 19 heavy (non-hydrogen) atoms. The lowest BCUT2D eigenvalue weighted by Crippen LogP contribution is -2.39. The largest absolute Gasteiger partial charge is 0.384 e. The van der Waals surface area contributed by atoms with Crippen molar-refractivity contribution in [3.8, 4) is 0 Å². The number of rotatable bonds is 6. The van der Waals surface area contributed by atoms with E-state index in [4.69, 9.17) is 17.3 Å². The molecule has 1 amide bonds. The van der Waals surface area contributed by atoms with Crippen LogP contribution >= 0.6 is 23.4 Å². The minimum Gasteiger partial charge on any atom is -0.384 e. The highest BCUT2D eigenvalue weighted by Crippen LogP contribution is 2.29. The molecule has 0 bridgehead atoms. The highest BCUT2D eigenvalue weighted by molar-refractivity contribution is 8.00. The van der Waals surface area contributed by atoms with Crippen molar-refractivity contribution in [2.24, 2.45) is 0 Å². The summed E-state index contributed by atoms with van der Waals surface area (Å²) in [5, 5.41) is 3.25. The van der Waals surface area contributed by atoms with Crippen LogP contribution in [0.15, 0.2) is 12.3 Å². The molecule has 1 rings (SSSR count). The Kier molecular flexibility index (Phi) is 5.94. The maximum absolute atomic E-state index is 12.1. The topological polar surface area (TPSA) is 68.0 Å². The molecule has 0 unspecified atom stereocenters. The summed E-state index contributed by atoms with van der Waals surface area (Å²) in [6.45, 7) is 4.87. The van der Waals surface area contributed by atoms with Gasteiger partial charge in [0.1, 0.15) is 5.82 Å². The van der Waals surface area contributed by atoms with Crippen molar-refractivity contribution in [1.82, 2.24) is 10.3 Å². The lowest BCUT2D eigenvalue weighted by molar-refractivity contribution is 0.0949. The van der Waals surface area contributed by atoms with Crippen LogP contribution in [0, 0.1) is 0 Å². The van der Waals surface area contributed by atoms with Crippen LogP contribution in [0.3, 0.4) is 0 Å². The van der Waals surface area contributed by atoms with Crippen molar-refractivity contribution in [2.75, 3.05) is 18.5 Å². The Morgan fingerprint density at radius 3 is 2.68 bits per heavy atom. The number of pyridine rings is 1. The minimum absolute atomic E-state index is 0.0701. The molecule has 0 fully saturated rings. The molecule has 0 saturated carbocycles. The molecule has 1 aromatic rings. The maximum Gasteiger partial charge on any atom is 0.253 e. The molecule has 1 heterocycles. The number of halogens is 1. The van der Waals surface area contributed by atoms with Gasteiger partial charge in [0, 0.05) is 17.5 Å². The summed E-state index contributed by atoms with van der Waals surface area (Å²) >= 11 is 7.74. The minimum atomic E-state index is -0.209. The second-order valence-electron chi connectivity index (χ2n) is 4.37. The Labute approximate surface area is 123 Å². The summed E-state index contributed by atoms with van der Waals surface area (Å²) in [6.07, 6.45) is 5.46. The number of nitrogens with two attached hydrogens (primary N) is 1. The van der Waals surface area contributed by atoms with Gasteiger partial charge in [-0.15, -0.1) is 0 Å². The molecule has 0 aliphatic rings. The number of aromatic nitrogens is 1. The zero-order valence-corrected chi connectivity index (χ0v) is 13.1. The first-order chi connectivity index (χ1) is 8.98. The lowest BCUT2D eigenvalue weighted by atomic mass is 10.0. The molecule has 6 heteroatoms. The summed E-state index contributed by atoms with van der Waals surface area (Å²) in [5.74, 6) is 0.0797. The number of anilines is 1. The first-order valence-corrected chi connectivity index (χ1v) is 7.82. The summed E-state index contributed by atoms with van der Waals surface area (Å²) in [6, 6.07) is 1.50. The van der Waals surface area contributed by atoms with Gasteiger partial charge in [-0.1, -0.05) is 25.4 Å². The molecule has 0 spiro atoms. The number of carbonyl (C=O) groups is 1. The van der Waals surface area contributed by atoms with Gasteiger partial charge in [-0.05, 0) is 25.2 Å². The zero-order chi connectivity index (χ0) is 14.5. The van der Waals surface area contributed by atoms with Gasteiger partial charge in [0.05, 0.1) is 10.6 Å². The number of hydrogen-bond donors (Lipinski definition) is 2. The Balaban J connectivity index is 2.77. The van der Waals surface area contributed by atoms with Crippen molar-refractivity contribution < 1.29 is 4.79 Å². The Morgan fingerprint density at radius 2 is 2.16 bits per heavy atom. The Bertz CT molecular complexity index is 441. The molecular weight excluding hydrogens is 282 g/mol. The molecule has 1 aromatic heterocycles. The number of hydrogen-bond acceptors (Lipinski definition) is 4. The van der Waals surface area contributed by atoms with Crippen molar-refractivity contribution in [3.05, 3.63) is 22.8 Å². The van der Waals surface area contributed by atoms with Gasteiger partial charge in [-0.3, -0.25) is 4.79 Å².